The second-order valence-electron chi connectivity index (χ2n) is 6.17. The van der Waals surface area contributed by atoms with Crippen LogP contribution < -0.4 is 9.47 Å². The SMILES string of the molecule is COc1ccc(CN(CCc2ccccn2)C(=O)C(C)C)cc1OC. The minimum atomic E-state index is -0.0520. The standard InChI is InChI=1S/C20H26N2O3/c1-15(2)20(23)22(12-10-17-7-5-6-11-21-17)14-16-8-9-18(24-3)19(13-16)25-4/h5-9,11,13,15H,10,12,14H2,1-4H3. The molecule has 0 fully saturated rings. The van der Waals surface area contributed by atoms with Gasteiger partial charge < -0.3 is 14.4 Å². The van der Waals surface area contributed by atoms with Crippen LogP contribution in [0.4, 0.5) is 0 Å². The fourth-order valence-electron chi connectivity index (χ4n) is 2.63. The van der Waals surface area contributed by atoms with Crippen molar-refractivity contribution in [3.05, 3.63) is 53.9 Å². The van der Waals surface area contributed by atoms with Gasteiger partial charge in [-0.2, -0.15) is 0 Å². The van der Waals surface area contributed by atoms with E-state index in [1.54, 1.807) is 20.4 Å². The molecule has 0 radical (unpaired) electrons. The number of benzene rings is 1. The van der Waals surface area contributed by atoms with Gasteiger partial charge in [-0.1, -0.05) is 26.0 Å². The second kappa shape index (κ2) is 9.06. The predicted molar refractivity (Wildman–Crippen MR) is 97.7 cm³/mol. The summed E-state index contributed by atoms with van der Waals surface area (Å²) in [5.41, 5.74) is 1.99. The summed E-state index contributed by atoms with van der Waals surface area (Å²) < 4.78 is 10.6. The molecule has 5 nitrogen and oxygen atoms in total. The topological polar surface area (TPSA) is 51.7 Å². The molecule has 0 bridgehead atoms. The molecule has 1 amide bonds. The van der Waals surface area contributed by atoms with Crippen LogP contribution >= 0.6 is 0 Å². The van der Waals surface area contributed by atoms with Crippen LogP contribution in [0.2, 0.25) is 0 Å². The quantitative estimate of drug-likeness (QED) is 0.738. The van der Waals surface area contributed by atoms with Crippen molar-refractivity contribution >= 4 is 5.91 Å². The molecule has 0 aliphatic heterocycles. The number of carbonyl (C=O) groups excluding carboxylic acids is 1. The highest BCUT2D eigenvalue weighted by molar-refractivity contribution is 5.78. The number of ether oxygens (including phenoxy) is 2. The average Bonchev–Trinajstić information content (AvgIpc) is 2.65. The molecule has 0 saturated carbocycles. The number of hydrogen-bond donors (Lipinski definition) is 0. The zero-order valence-corrected chi connectivity index (χ0v) is 15.4. The fourth-order valence-corrected chi connectivity index (χ4v) is 2.63. The Morgan fingerprint density at radius 3 is 2.48 bits per heavy atom. The van der Waals surface area contributed by atoms with Crippen molar-refractivity contribution in [1.82, 2.24) is 9.88 Å². The number of amides is 1. The highest BCUT2D eigenvalue weighted by Gasteiger charge is 2.18. The van der Waals surface area contributed by atoms with Crippen LogP contribution in [-0.2, 0) is 17.8 Å². The summed E-state index contributed by atoms with van der Waals surface area (Å²) in [5, 5.41) is 0. The molecule has 0 saturated heterocycles. The minimum Gasteiger partial charge on any atom is -0.493 e. The van der Waals surface area contributed by atoms with E-state index in [2.05, 4.69) is 4.98 Å². The largest absolute Gasteiger partial charge is 0.493 e. The number of pyridine rings is 1. The number of nitrogens with zero attached hydrogens (tertiary/aromatic N) is 2. The smallest absolute Gasteiger partial charge is 0.225 e. The Bertz CT molecular complexity index is 687. The van der Waals surface area contributed by atoms with Gasteiger partial charge in [0.2, 0.25) is 5.91 Å². The molecule has 0 N–H and O–H groups in total. The molecule has 5 heteroatoms. The number of rotatable bonds is 8. The number of aromatic nitrogens is 1. The summed E-state index contributed by atoms with van der Waals surface area (Å²) in [6.07, 6.45) is 2.50. The van der Waals surface area contributed by atoms with Crippen molar-refractivity contribution < 1.29 is 14.3 Å². The van der Waals surface area contributed by atoms with Crippen molar-refractivity contribution in [2.45, 2.75) is 26.8 Å². The third-order valence-corrected chi connectivity index (χ3v) is 3.99. The van der Waals surface area contributed by atoms with Crippen LogP contribution in [0.1, 0.15) is 25.1 Å². The fraction of sp³-hybridized carbons (Fsp3) is 0.400. The Kier molecular flexibility index (Phi) is 6.81. The zero-order valence-electron chi connectivity index (χ0n) is 15.4. The van der Waals surface area contributed by atoms with Crippen molar-refractivity contribution in [3.63, 3.8) is 0 Å². The number of hydrogen-bond acceptors (Lipinski definition) is 4. The Morgan fingerprint density at radius 1 is 1.12 bits per heavy atom. The van der Waals surface area contributed by atoms with E-state index in [0.29, 0.717) is 24.6 Å². The van der Waals surface area contributed by atoms with Gasteiger partial charge in [0.25, 0.3) is 0 Å². The molecule has 0 aliphatic carbocycles. The molecule has 2 aromatic rings. The maximum atomic E-state index is 12.6. The van der Waals surface area contributed by atoms with Gasteiger partial charge in [0.05, 0.1) is 14.2 Å². The summed E-state index contributed by atoms with van der Waals surface area (Å²) in [6, 6.07) is 11.6. The summed E-state index contributed by atoms with van der Waals surface area (Å²) in [4.78, 5) is 18.8. The first-order valence-corrected chi connectivity index (χ1v) is 8.44. The molecular weight excluding hydrogens is 316 g/mol. The van der Waals surface area contributed by atoms with Crippen LogP contribution in [0.3, 0.4) is 0 Å². The first kappa shape index (κ1) is 18.8. The van der Waals surface area contributed by atoms with Crippen molar-refractivity contribution in [2.24, 2.45) is 5.92 Å². The molecule has 25 heavy (non-hydrogen) atoms. The first-order chi connectivity index (χ1) is 12.0. The molecule has 2 rings (SSSR count). The maximum Gasteiger partial charge on any atom is 0.225 e. The molecule has 0 aliphatic rings. The van der Waals surface area contributed by atoms with Crippen molar-refractivity contribution in [3.8, 4) is 11.5 Å². The minimum absolute atomic E-state index is 0.0520. The lowest BCUT2D eigenvalue weighted by molar-refractivity contribution is -0.135. The number of carbonyl (C=O) groups is 1. The Labute approximate surface area is 149 Å². The lowest BCUT2D eigenvalue weighted by atomic mass is 10.1. The summed E-state index contributed by atoms with van der Waals surface area (Å²) in [5.74, 6) is 1.43. The van der Waals surface area contributed by atoms with Gasteiger partial charge in [0.1, 0.15) is 0 Å². The van der Waals surface area contributed by atoms with E-state index in [9.17, 15) is 4.79 Å². The Hall–Kier alpha value is -2.56. The van der Waals surface area contributed by atoms with Gasteiger partial charge in [0.15, 0.2) is 11.5 Å². The number of methoxy groups -OCH3 is 2. The molecular formula is C20H26N2O3. The van der Waals surface area contributed by atoms with Gasteiger partial charge in [-0.25, -0.2) is 0 Å². The molecule has 1 aromatic carbocycles. The maximum absolute atomic E-state index is 12.6. The molecule has 0 unspecified atom stereocenters. The third kappa shape index (κ3) is 5.21. The Morgan fingerprint density at radius 2 is 1.88 bits per heavy atom. The Balaban J connectivity index is 2.14. The zero-order chi connectivity index (χ0) is 18.2. The van der Waals surface area contributed by atoms with Crippen LogP contribution in [0.5, 0.6) is 11.5 Å². The highest BCUT2D eigenvalue weighted by Crippen LogP contribution is 2.28. The van der Waals surface area contributed by atoms with Gasteiger partial charge in [0, 0.05) is 37.3 Å². The molecule has 134 valence electrons. The van der Waals surface area contributed by atoms with E-state index in [4.69, 9.17) is 9.47 Å². The van der Waals surface area contributed by atoms with Crippen molar-refractivity contribution in [2.75, 3.05) is 20.8 Å². The van der Waals surface area contributed by atoms with E-state index >= 15 is 0 Å². The summed E-state index contributed by atoms with van der Waals surface area (Å²) in [7, 11) is 3.22. The van der Waals surface area contributed by atoms with Gasteiger partial charge in [-0.15, -0.1) is 0 Å². The van der Waals surface area contributed by atoms with E-state index in [1.807, 2.05) is 55.1 Å². The van der Waals surface area contributed by atoms with E-state index in [-0.39, 0.29) is 11.8 Å². The van der Waals surface area contributed by atoms with Gasteiger partial charge in [-0.05, 0) is 29.8 Å². The van der Waals surface area contributed by atoms with Crippen LogP contribution in [0, 0.1) is 5.92 Å². The summed E-state index contributed by atoms with van der Waals surface area (Å²) >= 11 is 0. The van der Waals surface area contributed by atoms with E-state index in [0.717, 1.165) is 17.7 Å². The normalized spacial score (nSPS) is 10.6. The lowest BCUT2D eigenvalue weighted by Gasteiger charge is -2.25. The third-order valence-electron chi connectivity index (χ3n) is 3.99. The lowest BCUT2D eigenvalue weighted by Crippen LogP contribution is -2.35. The van der Waals surface area contributed by atoms with E-state index in [1.165, 1.54) is 0 Å². The van der Waals surface area contributed by atoms with E-state index < -0.39 is 0 Å². The second-order valence-corrected chi connectivity index (χ2v) is 6.17. The highest BCUT2D eigenvalue weighted by atomic mass is 16.5. The molecule has 0 atom stereocenters. The van der Waals surface area contributed by atoms with Crippen molar-refractivity contribution in [1.29, 1.82) is 0 Å². The monoisotopic (exact) mass is 342 g/mol. The average molecular weight is 342 g/mol. The predicted octanol–water partition coefficient (Wildman–Crippen LogP) is 3.33. The van der Waals surface area contributed by atoms with Crippen LogP contribution in [0.15, 0.2) is 42.6 Å². The first-order valence-electron chi connectivity index (χ1n) is 8.44. The molecule has 0 spiro atoms. The summed E-state index contributed by atoms with van der Waals surface area (Å²) in [6.45, 7) is 5.00. The van der Waals surface area contributed by atoms with Crippen LogP contribution in [0.25, 0.3) is 0 Å². The molecule has 1 heterocycles. The van der Waals surface area contributed by atoms with Gasteiger partial charge >= 0.3 is 0 Å². The van der Waals surface area contributed by atoms with Crippen LogP contribution in [-0.4, -0.2) is 36.6 Å². The molecule has 1 aromatic heterocycles. The van der Waals surface area contributed by atoms with Gasteiger partial charge in [-0.3, -0.25) is 9.78 Å².